The average molecular weight is 495 g/mol. The molecule has 0 bridgehead atoms. The topological polar surface area (TPSA) is 40.6 Å². The maximum absolute atomic E-state index is 13.2. The van der Waals surface area contributed by atoms with Gasteiger partial charge in [-0.05, 0) is 53.8 Å². The van der Waals surface area contributed by atoms with Crippen molar-refractivity contribution in [2.45, 2.75) is 11.8 Å². The van der Waals surface area contributed by atoms with Crippen LogP contribution in [0.3, 0.4) is 0 Å². The summed E-state index contributed by atoms with van der Waals surface area (Å²) >= 11 is 1.63. The van der Waals surface area contributed by atoms with Crippen LogP contribution in [-0.2, 0) is 10.0 Å². The third-order valence-electron chi connectivity index (χ3n) is 6.13. The van der Waals surface area contributed by atoms with Crippen molar-refractivity contribution in [2.75, 3.05) is 46.2 Å². The minimum Gasteiger partial charge on any atom is -0.330 e. The molecule has 1 aliphatic rings. The molecule has 0 fully saturated rings. The Hall–Kier alpha value is -2.71. The number of quaternary nitrogens is 1. The van der Waals surface area contributed by atoms with Gasteiger partial charge in [0.1, 0.15) is 0 Å². The van der Waals surface area contributed by atoms with Crippen molar-refractivity contribution < 1.29 is 12.9 Å². The minimum atomic E-state index is -3.54. The zero-order valence-corrected chi connectivity index (χ0v) is 22.1. The molecule has 0 unspecified atom stereocenters. The first-order valence-electron chi connectivity index (χ1n) is 11.2. The number of aryl methyl sites for hydroxylation is 1. The van der Waals surface area contributed by atoms with E-state index < -0.39 is 10.0 Å². The monoisotopic (exact) mass is 494 g/mol. The molecular weight excluding hydrogens is 462 g/mol. The summed E-state index contributed by atoms with van der Waals surface area (Å²) < 4.78 is 29.5. The SMILES string of the molecule is C=CN1C=CC(=Cc2sc3cc(S(=O)(=O)N(C)CC[N+](C)(C)C)ccc3c2C)c2ccccc21. The summed E-state index contributed by atoms with van der Waals surface area (Å²) in [7, 11) is 4.30. The van der Waals surface area contributed by atoms with Gasteiger partial charge in [0.25, 0.3) is 0 Å². The van der Waals surface area contributed by atoms with Crippen LogP contribution in [0.1, 0.15) is 16.0 Å². The fourth-order valence-corrected chi connectivity index (χ4v) is 6.43. The molecule has 2 heterocycles. The van der Waals surface area contributed by atoms with Gasteiger partial charge < -0.3 is 9.38 Å². The van der Waals surface area contributed by atoms with Gasteiger partial charge in [0.15, 0.2) is 0 Å². The van der Waals surface area contributed by atoms with E-state index >= 15 is 0 Å². The molecule has 1 aliphatic heterocycles. The lowest BCUT2D eigenvalue weighted by molar-refractivity contribution is -0.869. The maximum atomic E-state index is 13.2. The maximum Gasteiger partial charge on any atom is 0.243 e. The Balaban J connectivity index is 1.70. The Morgan fingerprint density at radius 1 is 1.15 bits per heavy atom. The number of anilines is 1. The second kappa shape index (κ2) is 9.15. The Bertz CT molecular complexity index is 1410. The van der Waals surface area contributed by atoms with Crippen molar-refractivity contribution in [1.29, 1.82) is 0 Å². The lowest BCUT2D eigenvalue weighted by Gasteiger charge is -2.26. The minimum absolute atomic E-state index is 0.342. The largest absolute Gasteiger partial charge is 0.330 e. The van der Waals surface area contributed by atoms with E-state index in [1.807, 2.05) is 35.4 Å². The molecule has 0 N–H and O–H groups in total. The number of thiophene rings is 1. The van der Waals surface area contributed by atoms with E-state index in [0.717, 1.165) is 43.9 Å². The molecule has 178 valence electrons. The highest BCUT2D eigenvalue weighted by molar-refractivity contribution is 7.89. The first-order chi connectivity index (χ1) is 16.0. The van der Waals surface area contributed by atoms with Crippen molar-refractivity contribution >= 4 is 48.8 Å². The summed E-state index contributed by atoms with van der Waals surface area (Å²) in [6.45, 7) is 7.21. The lowest BCUT2D eigenvalue weighted by Crippen LogP contribution is -2.42. The van der Waals surface area contributed by atoms with Gasteiger partial charge in [-0.3, -0.25) is 0 Å². The summed E-state index contributed by atoms with van der Waals surface area (Å²) in [5.74, 6) is 0. The van der Waals surface area contributed by atoms with Crippen molar-refractivity contribution in [1.82, 2.24) is 4.31 Å². The molecule has 1 aromatic heterocycles. The van der Waals surface area contributed by atoms with Crippen LogP contribution in [0, 0.1) is 6.92 Å². The number of nitrogens with zero attached hydrogens (tertiary/aromatic N) is 3. The van der Waals surface area contributed by atoms with E-state index in [1.54, 1.807) is 30.7 Å². The standard InChI is InChI=1S/C27H32N3O2S2/c1-7-29-15-14-21(24-10-8-9-11-25(24)29)18-26-20(2)23-13-12-22(19-27(23)33-26)34(31,32)28(3)16-17-30(4,5)6/h7-15,18-19H,1,16-17H2,2-6H3/q+1. The van der Waals surface area contributed by atoms with Gasteiger partial charge in [-0.15, -0.1) is 11.3 Å². The molecule has 0 radical (unpaired) electrons. The van der Waals surface area contributed by atoms with Crippen LogP contribution in [-0.4, -0.2) is 58.5 Å². The van der Waals surface area contributed by atoms with Gasteiger partial charge in [-0.2, -0.15) is 4.31 Å². The molecule has 0 aliphatic carbocycles. The molecule has 0 saturated heterocycles. The quantitative estimate of drug-likeness (QED) is 0.404. The highest BCUT2D eigenvalue weighted by Gasteiger charge is 2.24. The van der Waals surface area contributed by atoms with Gasteiger partial charge in [-0.1, -0.05) is 30.8 Å². The molecule has 0 atom stereocenters. The molecule has 5 nitrogen and oxygen atoms in total. The van der Waals surface area contributed by atoms with Gasteiger partial charge in [0, 0.05) is 34.6 Å². The number of para-hydroxylation sites is 1. The van der Waals surface area contributed by atoms with Crippen LogP contribution in [0.25, 0.3) is 21.7 Å². The molecule has 34 heavy (non-hydrogen) atoms. The zero-order valence-electron chi connectivity index (χ0n) is 20.4. The molecule has 0 spiro atoms. The summed E-state index contributed by atoms with van der Waals surface area (Å²) in [6.07, 6.45) is 8.10. The van der Waals surface area contributed by atoms with E-state index in [2.05, 4.69) is 58.9 Å². The number of hydrogen-bond donors (Lipinski definition) is 0. The highest BCUT2D eigenvalue weighted by atomic mass is 32.2. The van der Waals surface area contributed by atoms with Crippen molar-refractivity contribution in [3.05, 3.63) is 83.5 Å². The number of hydrogen-bond acceptors (Lipinski definition) is 4. The molecule has 7 heteroatoms. The number of rotatable bonds is 7. The smallest absolute Gasteiger partial charge is 0.243 e. The van der Waals surface area contributed by atoms with Crippen LogP contribution in [0.2, 0.25) is 0 Å². The van der Waals surface area contributed by atoms with Gasteiger partial charge >= 0.3 is 0 Å². The lowest BCUT2D eigenvalue weighted by atomic mass is 9.99. The molecular formula is C27H32N3O2S2+. The highest BCUT2D eigenvalue weighted by Crippen LogP contribution is 2.38. The summed E-state index contributed by atoms with van der Waals surface area (Å²) in [5.41, 5.74) is 4.52. The van der Waals surface area contributed by atoms with Crippen LogP contribution >= 0.6 is 11.3 Å². The number of likely N-dealkylation sites (N-methyl/N-ethyl adjacent to an activating group) is 2. The van der Waals surface area contributed by atoms with Gasteiger partial charge in [0.2, 0.25) is 10.0 Å². The predicted molar refractivity (Wildman–Crippen MR) is 145 cm³/mol. The van der Waals surface area contributed by atoms with E-state index in [-0.39, 0.29) is 0 Å². The predicted octanol–water partition coefficient (Wildman–Crippen LogP) is 5.55. The van der Waals surface area contributed by atoms with Crippen LogP contribution in [0.4, 0.5) is 5.69 Å². The Kier molecular flexibility index (Phi) is 6.57. The number of allylic oxidation sites excluding steroid dienone is 2. The fourth-order valence-electron chi connectivity index (χ4n) is 3.96. The first kappa shape index (κ1) is 24.4. The Morgan fingerprint density at radius 2 is 1.88 bits per heavy atom. The van der Waals surface area contributed by atoms with Crippen molar-refractivity contribution in [3.63, 3.8) is 0 Å². The Labute approximate surface area is 207 Å². The van der Waals surface area contributed by atoms with Crippen LogP contribution in [0.15, 0.2) is 72.4 Å². The number of fused-ring (bicyclic) bond motifs is 2. The molecule has 2 aromatic carbocycles. The average Bonchev–Trinajstić information content (AvgIpc) is 3.11. The molecule has 0 saturated carbocycles. The second-order valence-corrected chi connectivity index (χ2v) is 12.7. The van der Waals surface area contributed by atoms with Crippen molar-refractivity contribution in [3.8, 4) is 0 Å². The van der Waals surface area contributed by atoms with E-state index in [9.17, 15) is 8.42 Å². The van der Waals surface area contributed by atoms with E-state index in [0.29, 0.717) is 15.9 Å². The van der Waals surface area contributed by atoms with Crippen molar-refractivity contribution in [2.24, 2.45) is 0 Å². The first-order valence-corrected chi connectivity index (χ1v) is 13.5. The third-order valence-corrected chi connectivity index (χ3v) is 9.19. The van der Waals surface area contributed by atoms with Gasteiger partial charge in [-0.25, -0.2) is 8.42 Å². The summed E-state index contributed by atoms with van der Waals surface area (Å²) in [6, 6.07) is 13.7. The molecule has 4 rings (SSSR count). The normalized spacial score (nSPS) is 15.4. The van der Waals surface area contributed by atoms with E-state index in [1.165, 1.54) is 4.31 Å². The van der Waals surface area contributed by atoms with Crippen LogP contribution in [0.5, 0.6) is 0 Å². The summed E-state index contributed by atoms with van der Waals surface area (Å²) in [4.78, 5) is 3.48. The number of sulfonamides is 1. The fraction of sp³-hybridized carbons (Fsp3) is 0.259. The van der Waals surface area contributed by atoms with Crippen LogP contribution < -0.4 is 4.90 Å². The van der Waals surface area contributed by atoms with E-state index in [4.69, 9.17) is 0 Å². The Morgan fingerprint density at radius 3 is 2.59 bits per heavy atom. The number of benzene rings is 2. The zero-order chi connectivity index (χ0) is 24.7. The molecule has 0 amide bonds. The third kappa shape index (κ3) is 4.74. The summed E-state index contributed by atoms with van der Waals surface area (Å²) in [5, 5.41) is 1.09. The molecule has 3 aromatic rings. The van der Waals surface area contributed by atoms with Gasteiger partial charge in [0.05, 0.1) is 44.8 Å². The second-order valence-electron chi connectivity index (χ2n) is 9.61.